The molecule has 0 radical (unpaired) electrons. The first-order valence-corrected chi connectivity index (χ1v) is 7.09. The molecular weight excluding hydrogens is 302 g/mol. The van der Waals surface area contributed by atoms with E-state index in [0.29, 0.717) is 6.54 Å². The lowest BCUT2D eigenvalue weighted by atomic mass is 10.1. The molecule has 0 atom stereocenters. The highest BCUT2D eigenvalue weighted by Crippen LogP contribution is 2.25. The highest BCUT2D eigenvalue weighted by molar-refractivity contribution is 9.10. The van der Waals surface area contributed by atoms with E-state index in [1.807, 2.05) is 24.4 Å². The van der Waals surface area contributed by atoms with Gasteiger partial charge < -0.3 is 10.6 Å². The number of rotatable bonds is 5. The Morgan fingerprint density at radius 2 is 2.11 bits per heavy atom. The number of aromatic nitrogens is 1. The van der Waals surface area contributed by atoms with Crippen molar-refractivity contribution in [3.8, 4) is 0 Å². The quantitative estimate of drug-likeness (QED) is 0.921. The molecule has 0 aliphatic heterocycles. The smallest absolute Gasteiger partial charge is 0.0598 e. The summed E-state index contributed by atoms with van der Waals surface area (Å²) >= 11 is 3.51. The maximum absolute atomic E-state index is 5.69. The van der Waals surface area contributed by atoms with Gasteiger partial charge in [0.15, 0.2) is 0 Å². The molecule has 2 aromatic rings. The average molecular weight is 320 g/mol. The molecule has 0 aliphatic carbocycles. The fourth-order valence-corrected chi connectivity index (χ4v) is 2.51. The second-order valence-corrected chi connectivity index (χ2v) is 5.40. The molecule has 0 saturated heterocycles. The minimum atomic E-state index is 0.654. The van der Waals surface area contributed by atoms with Gasteiger partial charge in [0.1, 0.15) is 0 Å². The van der Waals surface area contributed by atoms with Gasteiger partial charge in [0.2, 0.25) is 0 Å². The summed E-state index contributed by atoms with van der Waals surface area (Å²) in [7, 11) is 2.08. The molecule has 0 saturated carbocycles. The van der Waals surface area contributed by atoms with Crippen LogP contribution in [-0.2, 0) is 13.0 Å². The van der Waals surface area contributed by atoms with Crippen LogP contribution in [0, 0.1) is 0 Å². The predicted molar refractivity (Wildman–Crippen MR) is 83.2 cm³/mol. The van der Waals surface area contributed by atoms with Crippen LogP contribution in [-0.4, -0.2) is 18.6 Å². The van der Waals surface area contributed by atoms with E-state index in [4.69, 9.17) is 5.73 Å². The Morgan fingerprint density at radius 3 is 2.79 bits per heavy atom. The van der Waals surface area contributed by atoms with E-state index in [1.54, 1.807) is 0 Å². The number of benzene rings is 1. The third-order valence-electron chi connectivity index (χ3n) is 2.99. The number of halogens is 1. The molecule has 0 unspecified atom stereocenters. The van der Waals surface area contributed by atoms with Gasteiger partial charge in [-0.3, -0.25) is 4.98 Å². The Kier molecular flexibility index (Phi) is 4.93. The van der Waals surface area contributed by atoms with Gasteiger partial charge in [-0.2, -0.15) is 0 Å². The Morgan fingerprint density at radius 1 is 1.26 bits per heavy atom. The fourth-order valence-electron chi connectivity index (χ4n) is 2.10. The first-order chi connectivity index (χ1) is 9.20. The normalized spacial score (nSPS) is 10.5. The van der Waals surface area contributed by atoms with E-state index in [1.165, 1.54) is 11.3 Å². The molecule has 1 heterocycles. The zero-order valence-electron chi connectivity index (χ0n) is 11.0. The molecule has 19 heavy (non-hydrogen) atoms. The third-order valence-corrected chi connectivity index (χ3v) is 3.49. The number of nitrogens with zero attached hydrogens (tertiary/aromatic N) is 2. The Hall–Kier alpha value is -1.39. The van der Waals surface area contributed by atoms with E-state index in [9.17, 15) is 0 Å². The van der Waals surface area contributed by atoms with E-state index in [-0.39, 0.29) is 0 Å². The van der Waals surface area contributed by atoms with Crippen molar-refractivity contribution >= 4 is 21.6 Å². The third kappa shape index (κ3) is 3.78. The number of pyridine rings is 1. The number of hydrogen-bond donors (Lipinski definition) is 1. The molecule has 0 amide bonds. The Balaban J connectivity index is 2.20. The Bertz CT molecular complexity index is 528. The van der Waals surface area contributed by atoms with Crippen LogP contribution in [0.15, 0.2) is 47.1 Å². The molecule has 1 aromatic carbocycles. The van der Waals surface area contributed by atoms with E-state index in [0.717, 1.165) is 23.1 Å². The van der Waals surface area contributed by atoms with Gasteiger partial charge in [-0.15, -0.1) is 0 Å². The van der Waals surface area contributed by atoms with Crippen molar-refractivity contribution in [1.29, 1.82) is 0 Å². The van der Waals surface area contributed by atoms with Crippen LogP contribution in [0.1, 0.15) is 11.3 Å². The number of hydrogen-bond acceptors (Lipinski definition) is 3. The monoisotopic (exact) mass is 319 g/mol. The van der Waals surface area contributed by atoms with Gasteiger partial charge in [-0.05, 0) is 48.9 Å². The van der Waals surface area contributed by atoms with E-state index < -0.39 is 0 Å². The lowest BCUT2D eigenvalue weighted by Gasteiger charge is -2.22. The van der Waals surface area contributed by atoms with Crippen molar-refractivity contribution in [1.82, 2.24) is 4.98 Å². The molecule has 3 nitrogen and oxygen atoms in total. The summed E-state index contributed by atoms with van der Waals surface area (Å²) in [6.07, 6.45) is 2.70. The molecule has 0 fully saturated rings. The van der Waals surface area contributed by atoms with Gasteiger partial charge in [-0.1, -0.05) is 22.0 Å². The van der Waals surface area contributed by atoms with Gasteiger partial charge in [0.05, 0.1) is 12.2 Å². The molecule has 0 bridgehead atoms. The predicted octanol–water partition coefficient (Wildman–Crippen LogP) is 2.98. The Labute approximate surface area is 122 Å². The molecule has 2 N–H and O–H groups in total. The minimum absolute atomic E-state index is 0.654. The maximum atomic E-state index is 5.69. The second-order valence-electron chi connectivity index (χ2n) is 4.49. The molecule has 0 aliphatic rings. The van der Waals surface area contributed by atoms with Crippen LogP contribution < -0.4 is 10.6 Å². The summed E-state index contributed by atoms with van der Waals surface area (Å²) in [6, 6.07) is 12.3. The van der Waals surface area contributed by atoms with Crippen molar-refractivity contribution in [3.05, 3.63) is 58.3 Å². The fraction of sp³-hybridized carbons (Fsp3) is 0.267. The number of anilines is 1. The molecule has 4 heteroatoms. The van der Waals surface area contributed by atoms with E-state index >= 15 is 0 Å². The first-order valence-electron chi connectivity index (χ1n) is 6.30. The molecule has 2 rings (SSSR count). The maximum Gasteiger partial charge on any atom is 0.0598 e. The first kappa shape index (κ1) is 14.0. The van der Waals surface area contributed by atoms with Crippen molar-refractivity contribution < 1.29 is 0 Å². The van der Waals surface area contributed by atoms with Crippen LogP contribution in [0.3, 0.4) is 0 Å². The standard InChI is InChI=1S/C15H18BrN3/c1-19(11-14-4-2-3-9-18-14)15-6-5-13(16)10-12(15)7-8-17/h2-6,9-10H,7-8,11,17H2,1H3. The summed E-state index contributed by atoms with van der Waals surface area (Å²) in [4.78, 5) is 6.57. The van der Waals surface area contributed by atoms with Crippen LogP contribution in [0.5, 0.6) is 0 Å². The van der Waals surface area contributed by atoms with Crippen LogP contribution in [0.2, 0.25) is 0 Å². The van der Waals surface area contributed by atoms with Crippen LogP contribution >= 0.6 is 15.9 Å². The van der Waals surface area contributed by atoms with Crippen molar-refractivity contribution in [2.75, 3.05) is 18.5 Å². The van der Waals surface area contributed by atoms with Gasteiger partial charge >= 0.3 is 0 Å². The largest absolute Gasteiger partial charge is 0.368 e. The summed E-state index contributed by atoms with van der Waals surface area (Å²) in [6.45, 7) is 1.45. The van der Waals surface area contributed by atoms with Gasteiger partial charge in [-0.25, -0.2) is 0 Å². The van der Waals surface area contributed by atoms with Crippen molar-refractivity contribution in [2.45, 2.75) is 13.0 Å². The average Bonchev–Trinajstić information content (AvgIpc) is 2.40. The zero-order valence-corrected chi connectivity index (χ0v) is 12.6. The van der Waals surface area contributed by atoms with Crippen LogP contribution in [0.4, 0.5) is 5.69 Å². The van der Waals surface area contributed by atoms with Gasteiger partial charge in [0.25, 0.3) is 0 Å². The summed E-state index contributed by atoms with van der Waals surface area (Å²) in [5, 5.41) is 0. The zero-order chi connectivity index (χ0) is 13.7. The molecule has 100 valence electrons. The SMILES string of the molecule is CN(Cc1ccccn1)c1ccc(Br)cc1CCN. The molecule has 1 aromatic heterocycles. The molecule has 0 spiro atoms. The van der Waals surface area contributed by atoms with Gasteiger partial charge in [0, 0.05) is 23.4 Å². The summed E-state index contributed by atoms with van der Waals surface area (Å²) in [5.41, 5.74) is 9.21. The van der Waals surface area contributed by atoms with Crippen molar-refractivity contribution in [2.24, 2.45) is 5.73 Å². The topological polar surface area (TPSA) is 42.2 Å². The second kappa shape index (κ2) is 6.68. The van der Waals surface area contributed by atoms with E-state index in [2.05, 4.69) is 51.1 Å². The highest BCUT2D eigenvalue weighted by atomic mass is 79.9. The lowest BCUT2D eigenvalue weighted by molar-refractivity contribution is 0.866. The summed E-state index contributed by atoms with van der Waals surface area (Å²) < 4.78 is 1.09. The summed E-state index contributed by atoms with van der Waals surface area (Å²) in [5.74, 6) is 0. The van der Waals surface area contributed by atoms with Crippen LogP contribution in [0.25, 0.3) is 0 Å². The number of nitrogens with two attached hydrogens (primary N) is 1. The van der Waals surface area contributed by atoms with Crippen molar-refractivity contribution in [3.63, 3.8) is 0 Å². The lowest BCUT2D eigenvalue weighted by Crippen LogP contribution is -2.19. The minimum Gasteiger partial charge on any atom is -0.368 e. The highest BCUT2D eigenvalue weighted by Gasteiger charge is 2.08. The molecular formula is C15H18BrN3.